The Bertz CT molecular complexity index is 1730. The van der Waals surface area contributed by atoms with E-state index in [1.165, 1.54) is 12.1 Å². The van der Waals surface area contributed by atoms with Crippen LogP contribution in [0.4, 0.5) is 22.8 Å². The lowest BCUT2D eigenvalue weighted by Crippen LogP contribution is -2.46. The van der Waals surface area contributed by atoms with Gasteiger partial charge < -0.3 is 24.0 Å². The highest BCUT2D eigenvalue weighted by molar-refractivity contribution is 5.98. The van der Waals surface area contributed by atoms with Crippen LogP contribution < -0.4 is 10.1 Å². The van der Waals surface area contributed by atoms with Gasteiger partial charge in [0.05, 0.1) is 5.56 Å². The number of likely N-dealkylation sites (tertiary alicyclic amines) is 1. The zero-order valence-electron chi connectivity index (χ0n) is 24.6. The first-order valence-corrected chi connectivity index (χ1v) is 14.0. The molecule has 0 radical (unpaired) electrons. The van der Waals surface area contributed by atoms with Gasteiger partial charge in [0.15, 0.2) is 0 Å². The van der Waals surface area contributed by atoms with Gasteiger partial charge in [-0.1, -0.05) is 35.5 Å². The summed E-state index contributed by atoms with van der Waals surface area (Å²) >= 11 is 0. The van der Waals surface area contributed by atoms with Crippen LogP contribution >= 0.6 is 0 Å². The molecule has 2 amide bonds. The van der Waals surface area contributed by atoms with Gasteiger partial charge in [0.25, 0.3) is 0 Å². The predicted octanol–water partition coefficient (Wildman–Crippen LogP) is 7.18. The number of hydrogen-bond donors (Lipinski definition) is 2. The van der Waals surface area contributed by atoms with E-state index in [1.54, 1.807) is 31.7 Å². The maximum atomic E-state index is 12.8. The number of guanidine groups is 1. The van der Waals surface area contributed by atoms with E-state index in [9.17, 15) is 27.9 Å². The number of halogens is 3. The number of hydrogen-bond acceptors (Lipinski definition) is 7. The van der Waals surface area contributed by atoms with Crippen LogP contribution in [0.1, 0.15) is 56.7 Å². The Labute approximate surface area is 255 Å². The van der Waals surface area contributed by atoms with Crippen LogP contribution in [-0.2, 0) is 17.5 Å². The first kappa shape index (κ1) is 31.3. The molecule has 3 aromatic carbocycles. The van der Waals surface area contributed by atoms with Crippen LogP contribution in [0.2, 0.25) is 0 Å². The summed E-state index contributed by atoms with van der Waals surface area (Å²) in [6.45, 7) is 5.56. The third kappa shape index (κ3) is 7.88. The van der Waals surface area contributed by atoms with Crippen molar-refractivity contribution in [3.8, 4) is 17.1 Å². The lowest BCUT2D eigenvalue weighted by molar-refractivity contribution is -0.137. The van der Waals surface area contributed by atoms with Crippen LogP contribution in [0.3, 0.4) is 0 Å². The van der Waals surface area contributed by atoms with Crippen LogP contribution in [0.15, 0.2) is 70.2 Å². The molecule has 45 heavy (non-hydrogen) atoms. The van der Waals surface area contributed by atoms with Crippen LogP contribution in [0.5, 0.6) is 5.75 Å². The summed E-state index contributed by atoms with van der Waals surface area (Å²) in [6, 6.07) is 15.3. The molecule has 0 bridgehead atoms. The maximum absolute atomic E-state index is 12.8. The number of rotatable bonds is 5. The number of fused-ring (bicyclic) bond motifs is 1. The lowest BCUT2D eigenvalue weighted by Gasteiger charge is -2.26. The van der Waals surface area contributed by atoms with E-state index in [1.807, 2.05) is 30.3 Å². The molecule has 1 saturated heterocycles. The number of alkyl halides is 3. The number of nitrogens with one attached hydrogen (secondary N) is 1. The van der Waals surface area contributed by atoms with Crippen LogP contribution in [-0.4, -0.2) is 50.4 Å². The Morgan fingerprint density at radius 3 is 2.47 bits per heavy atom. The Kier molecular flexibility index (Phi) is 8.66. The fourth-order valence-electron chi connectivity index (χ4n) is 4.82. The van der Waals surface area contributed by atoms with Gasteiger partial charge in [0.1, 0.15) is 24.0 Å². The zero-order chi connectivity index (χ0) is 32.4. The second kappa shape index (κ2) is 12.5. The Morgan fingerprint density at radius 2 is 1.78 bits per heavy atom. The van der Waals surface area contributed by atoms with E-state index >= 15 is 0 Å². The van der Waals surface area contributed by atoms with E-state index in [-0.39, 0.29) is 18.5 Å². The Hall–Kier alpha value is -5.14. The van der Waals surface area contributed by atoms with Gasteiger partial charge in [-0.25, -0.2) is 9.59 Å². The summed E-state index contributed by atoms with van der Waals surface area (Å²) in [5, 5.41) is 17.6. The van der Waals surface area contributed by atoms with E-state index in [0.29, 0.717) is 42.1 Å². The summed E-state index contributed by atoms with van der Waals surface area (Å²) in [5.74, 6) is 0.912. The van der Waals surface area contributed by atoms with Gasteiger partial charge in [0.2, 0.25) is 17.7 Å². The summed E-state index contributed by atoms with van der Waals surface area (Å²) in [7, 11) is 0. The second-order valence-corrected chi connectivity index (χ2v) is 11.4. The van der Waals surface area contributed by atoms with Crippen molar-refractivity contribution in [2.45, 2.75) is 58.0 Å². The average molecular weight is 626 g/mol. The lowest BCUT2D eigenvalue weighted by atomic mass is 10.1. The monoisotopic (exact) mass is 625 g/mol. The minimum absolute atomic E-state index is 0.109. The molecule has 5 rings (SSSR count). The molecular weight excluding hydrogens is 595 g/mol. The highest BCUT2D eigenvalue weighted by Crippen LogP contribution is 2.33. The number of alkyl carbamates (subject to hydrolysis) is 1. The summed E-state index contributed by atoms with van der Waals surface area (Å²) in [6.07, 6.45) is -5.50. The number of aromatic nitrogens is 2. The van der Waals surface area contributed by atoms with E-state index in [0.717, 1.165) is 22.9 Å². The molecule has 14 heteroatoms. The summed E-state index contributed by atoms with van der Waals surface area (Å²) < 4.78 is 55.0. The molecule has 4 aromatic rings. The number of nitrogens with zero attached hydrogens (tertiary/aromatic N) is 4. The molecule has 0 spiro atoms. The standard InChI is InChI=1S/C31H30F3N5O6/c1-30(2,3)44-29(42)37-27(36-28(40)41)39-14-4-5-24(39)26-35-25(38-45-26)21-9-8-20-16-23(13-10-19(20)15-21)43-17-18-6-11-22(12-7-18)31(32,33)34/h6-13,15-16,24H,4-5,14,17H2,1-3H3,(H,40,41)(H,36,37,42). The molecule has 11 nitrogen and oxygen atoms in total. The molecule has 236 valence electrons. The van der Waals surface area contributed by atoms with Crippen LogP contribution in [0, 0.1) is 0 Å². The fourth-order valence-corrected chi connectivity index (χ4v) is 4.82. The number of carbonyl (C=O) groups is 2. The van der Waals surface area contributed by atoms with Gasteiger partial charge in [-0.05, 0) is 80.3 Å². The van der Waals surface area contributed by atoms with Crippen molar-refractivity contribution < 1.29 is 41.9 Å². The van der Waals surface area contributed by atoms with Crippen molar-refractivity contribution in [2.75, 3.05) is 6.54 Å². The van der Waals surface area contributed by atoms with Gasteiger partial charge in [-0.2, -0.15) is 18.2 Å². The van der Waals surface area contributed by atoms with E-state index < -0.39 is 35.6 Å². The first-order valence-electron chi connectivity index (χ1n) is 14.0. The quantitative estimate of drug-likeness (QED) is 0.174. The SMILES string of the molecule is CC(C)(C)OC(=O)NC(=NC(=O)O)N1CCCC1c1nc(-c2ccc3cc(OCc4ccc(C(F)(F)F)cc4)ccc3c2)no1. The second-order valence-electron chi connectivity index (χ2n) is 11.4. The molecule has 1 aliphatic heterocycles. The Balaban J connectivity index is 1.28. The molecule has 1 aliphatic rings. The number of benzene rings is 3. The molecule has 1 unspecified atom stereocenters. The van der Waals surface area contributed by atoms with Crippen molar-refractivity contribution in [1.29, 1.82) is 0 Å². The normalized spacial score (nSPS) is 15.7. The Morgan fingerprint density at radius 1 is 1.07 bits per heavy atom. The molecule has 1 aromatic heterocycles. The number of amides is 2. The third-order valence-corrected chi connectivity index (χ3v) is 6.82. The number of carbonyl (C=O) groups excluding carboxylic acids is 1. The van der Waals surface area contributed by atoms with Crippen molar-refractivity contribution in [1.82, 2.24) is 20.4 Å². The molecular formula is C31H30F3N5O6. The smallest absolute Gasteiger partial charge is 0.434 e. The van der Waals surface area contributed by atoms with E-state index in [4.69, 9.17) is 14.0 Å². The van der Waals surface area contributed by atoms with E-state index in [2.05, 4.69) is 20.4 Å². The zero-order valence-corrected chi connectivity index (χ0v) is 24.6. The van der Waals surface area contributed by atoms with Crippen molar-refractivity contribution in [3.63, 3.8) is 0 Å². The minimum atomic E-state index is -4.39. The average Bonchev–Trinajstić information content (AvgIpc) is 3.64. The molecule has 1 fully saturated rings. The fraction of sp³-hybridized carbons (Fsp3) is 0.323. The minimum Gasteiger partial charge on any atom is -0.489 e. The molecule has 0 aliphatic carbocycles. The molecule has 0 saturated carbocycles. The van der Waals surface area contributed by atoms with Gasteiger partial charge in [-0.15, -0.1) is 4.99 Å². The third-order valence-electron chi connectivity index (χ3n) is 6.82. The van der Waals surface area contributed by atoms with Crippen molar-refractivity contribution >= 4 is 28.9 Å². The first-order chi connectivity index (χ1) is 21.2. The topological polar surface area (TPSA) is 139 Å². The maximum Gasteiger partial charge on any atom is 0.434 e. The van der Waals surface area contributed by atoms with Gasteiger partial charge >= 0.3 is 18.4 Å². The van der Waals surface area contributed by atoms with Crippen molar-refractivity contribution in [3.05, 3.63) is 77.7 Å². The number of ether oxygens (including phenoxy) is 2. The molecule has 2 N–H and O–H groups in total. The van der Waals surface area contributed by atoms with Crippen LogP contribution in [0.25, 0.3) is 22.2 Å². The van der Waals surface area contributed by atoms with Gasteiger partial charge in [-0.3, -0.25) is 5.32 Å². The largest absolute Gasteiger partial charge is 0.489 e. The summed E-state index contributed by atoms with van der Waals surface area (Å²) in [4.78, 5) is 33.5. The highest BCUT2D eigenvalue weighted by Gasteiger charge is 2.35. The van der Waals surface area contributed by atoms with Crippen molar-refractivity contribution in [2.24, 2.45) is 4.99 Å². The number of carboxylic acid groups (broad SMARTS) is 1. The van der Waals surface area contributed by atoms with Gasteiger partial charge in [0, 0.05) is 12.1 Å². The number of aliphatic imine (C=N–C) groups is 1. The highest BCUT2D eigenvalue weighted by atomic mass is 19.4. The molecule has 2 heterocycles. The predicted molar refractivity (Wildman–Crippen MR) is 157 cm³/mol. The summed E-state index contributed by atoms with van der Waals surface area (Å²) in [5.41, 5.74) is -0.233. The molecule has 1 atom stereocenters.